The van der Waals surface area contributed by atoms with Gasteiger partial charge in [0.1, 0.15) is 12.4 Å². The van der Waals surface area contributed by atoms with Gasteiger partial charge in [0.2, 0.25) is 0 Å². The summed E-state index contributed by atoms with van der Waals surface area (Å²) in [5.41, 5.74) is 2.74. The van der Waals surface area contributed by atoms with Gasteiger partial charge in [-0.15, -0.1) is 0 Å². The Morgan fingerprint density at radius 2 is 1.90 bits per heavy atom. The number of ketones is 1. The smallest absolute Gasteiger partial charge is 0.164 e. The largest absolute Gasteiger partial charge is 0.493 e. The highest BCUT2D eigenvalue weighted by Gasteiger charge is 2.66. The predicted octanol–water partition coefficient (Wildman–Crippen LogP) is 3.91. The summed E-state index contributed by atoms with van der Waals surface area (Å²) in [7, 11) is 5.72. The number of hydrogen-bond acceptors (Lipinski definition) is 5. The summed E-state index contributed by atoms with van der Waals surface area (Å²) in [5.74, 6) is 1.83. The van der Waals surface area contributed by atoms with Gasteiger partial charge in [0.15, 0.2) is 11.5 Å². The molecule has 0 N–H and O–H groups in total. The van der Waals surface area contributed by atoms with Crippen LogP contribution in [0.25, 0.3) is 0 Å². The van der Waals surface area contributed by atoms with Crippen LogP contribution in [0.3, 0.4) is 0 Å². The fourth-order valence-corrected chi connectivity index (χ4v) is 6.54. The van der Waals surface area contributed by atoms with Crippen LogP contribution in [0.4, 0.5) is 0 Å². The molecule has 2 aromatic rings. The molecule has 31 heavy (non-hydrogen) atoms. The second kappa shape index (κ2) is 7.64. The molecule has 5 nitrogen and oxygen atoms in total. The third-order valence-corrected chi connectivity index (χ3v) is 7.95. The van der Waals surface area contributed by atoms with E-state index in [9.17, 15) is 4.79 Å². The SMILES string of the molecule is COc1c(OCc2ccccc2)ccc2c1[C@@]13CCN(C)[C@@H](C2)[C@]1(OC)CCC(=O)C3. The number of ether oxygens (including phenoxy) is 3. The molecule has 3 aliphatic rings. The Bertz CT molecular complexity index is 990. The second-order valence-electron chi connectivity index (χ2n) is 9.25. The lowest BCUT2D eigenvalue weighted by Crippen LogP contribution is -2.73. The van der Waals surface area contributed by atoms with Crippen molar-refractivity contribution in [2.75, 3.05) is 27.8 Å². The van der Waals surface area contributed by atoms with E-state index in [0.29, 0.717) is 25.2 Å². The number of methoxy groups -OCH3 is 2. The molecule has 1 heterocycles. The van der Waals surface area contributed by atoms with Crippen LogP contribution in [0, 0.1) is 0 Å². The van der Waals surface area contributed by atoms with Crippen LogP contribution < -0.4 is 9.47 Å². The van der Waals surface area contributed by atoms with Crippen LogP contribution in [0.15, 0.2) is 42.5 Å². The van der Waals surface area contributed by atoms with Crippen molar-refractivity contribution in [3.05, 3.63) is 59.2 Å². The average molecular weight is 422 g/mol. The molecule has 1 saturated carbocycles. The van der Waals surface area contributed by atoms with Crippen LogP contribution in [-0.4, -0.2) is 50.1 Å². The van der Waals surface area contributed by atoms with Gasteiger partial charge >= 0.3 is 0 Å². The van der Waals surface area contributed by atoms with Crippen molar-refractivity contribution < 1.29 is 19.0 Å². The maximum atomic E-state index is 12.8. The van der Waals surface area contributed by atoms with E-state index in [0.717, 1.165) is 48.4 Å². The Balaban J connectivity index is 1.64. The predicted molar refractivity (Wildman–Crippen MR) is 119 cm³/mol. The zero-order chi connectivity index (χ0) is 21.6. The molecular weight excluding hydrogens is 390 g/mol. The number of likely N-dealkylation sites (N-methyl/N-ethyl adjacent to an activating group) is 1. The molecule has 2 aliphatic carbocycles. The highest BCUT2D eigenvalue weighted by Crippen LogP contribution is 2.61. The van der Waals surface area contributed by atoms with Crippen LogP contribution >= 0.6 is 0 Å². The molecule has 0 aromatic heterocycles. The van der Waals surface area contributed by atoms with E-state index in [1.54, 1.807) is 7.11 Å². The summed E-state index contributed by atoms with van der Waals surface area (Å²) < 4.78 is 18.7. The van der Waals surface area contributed by atoms with E-state index in [2.05, 4.69) is 30.1 Å². The first-order valence-corrected chi connectivity index (χ1v) is 11.2. The van der Waals surface area contributed by atoms with E-state index in [4.69, 9.17) is 14.2 Å². The van der Waals surface area contributed by atoms with Gasteiger partial charge < -0.3 is 19.1 Å². The molecule has 0 spiro atoms. The molecule has 0 unspecified atom stereocenters. The Kier molecular flexibility index (Phi) is 5.06. The van der Waals surface area contributed by atoms with Crippen LogP contribution in [0.5, 0.6) is 11.5 Å². The van der Waals surface area contributed by atoms with Crippen LogP contribution in [0.2, 0.25) is 0 Å². The molecule has 1 aliphatic heterocycles. The van der Waals surface area contributed by atoms with Gasteiger partial charge in [0.25, 0.3) is 0 Å². The Morgan fingerprint density at radius 3 is 2.65 bits per heavy atom. The molecule has 1 saturated heterocycles. The van der Waals surface area contributed by atoms with Gasteiger partial charge in [-0.25, -0.2) is 0 Å². The molecule has 0 amide bonds. The van der Waals surface area contributed by atoms with Crippen LogP contribution in [-0.2, 0) is 28.0 Å². The Hall–Kier alpha value is -2.37. The maximum absolute atomic E-state index is 12.8. The van der Waals surface area contributed by atoms with Crippen molar-refractivity contribution in [1.29, 1.82) is 0 Å². The first-order chi connectivity index (χ1) is 15.0. The lowest BCUT2D eigenvalue weighted by Gasteiger charge is -2.64. The number of benzene rings is 2. The molecule has 0 radical (unpaired) electrons. The number of carbonyl (C=O) groups is 1. The number of carbonyl (C=O) groups excluding carboxylic acids is 1. The van der Waals surface area contributed by atoms with Gasteiger partial charge in [-0.1, -0.05) is 36.4 Å². The molecule has 2 fully saturated rings. The normalized spacial score (nSPS) is 29.8. The topological polar surface area (TPSA) is 48.0 Å². The summed E-state index contributed by atoms with van der Waals surface area (Å²) in [6.07, 6.45) is 3.63. The van der Waals surface area contributed by atoms with Gasteiger partial charge in [-0.3, -0.25) is 4.79 Å². The van der Waals surface area contributed by atoms with Crippen molar-refractivity contribution >= 4 is 5.78 Å². The Labute approximate surface area is 184 Å². The van der Waals surface area contributed by atoms with E-state index in [1.165, 1.54) is 5.56 Å². The molecule has 164 valence electrons. The summed E-state index contributed by atoms with van der Waals surface area (Å²) in [4.78, 5) is 15.2. The van der Waals surface area contributed by atoms with Gasteiger partial charge in [0.05, 0.1) is 12.7 Å². The number of Topliss-reactive ketones (excluding diaryl/α,β-unsaturated/α-hetero) is 1. The monoisotopic (exact) mass is 421 g/mol. The van der Waals surface area contributed by atoms with Crippen molar-refractivity contribution in [3.63, 3.8) is 0 Å². The fraction of sp³-hybridized carbons (Fsp3) is 0.500. The van der Waals surface area contributed by atoms with Gasteiger partial charge in [-0.2, -0.15) is 0 Å². The lowest BCUT2D eigenvalue weighted by molar-refractivity contribution is -0.183. The molecule has 2 bridgehead atoms. The summed E-state index contributed by atoms with van der Waals surface area (Å²) in [6.45, 7) is 1.42. The molecule has 3 atom stereocenters. The van der Waals surface area contributed by atoms with Crippen molar-refractivity contribution in [2.45, 2.75) is 55.8 Å². The number of fused-ring (bicyclic) bond motifs is 1. The minimum absolute atomic E-state index is 0.257. The van der Waals surface area contributed by atoms with Crippen molar-refractivity contribution in [1.82, 2.24) is 4.90 Å². The highest BCUT2D eigenvalue weighted by atomic mass is 16.5. The summed E-state index contributed by atoms with van der Waals surface area (Å²) in [6, 6.07) is 14.6. The van der Waals surface area contributed by atoms with Gasteiger partial charge in [-0.05, 0) is 50.0 Å². The first kappa shape index (κ1) is 20.5. The lowest BCUT2D eigenvalue weighted by atomic mass is 9.49. The van der Waals surface area contributed by atoms with E-state index in [-0.39, 0.29) is 17.1 Å². The Morgan fingerprint density at radius 1 is 1.10 bits per heavy atom. The minimum atomic E-state index is -0.383. The minimum Gasteiger partial charge on any atom is -0.493 e. The molecular formula is C26H31NO4. The second-order valence-corrected chi connectivity index (χ2v) is 9.25. The fourth-order valence-electron chi connectivity index (χ4n) is 6.54. The zero-order valence-electron chi connectivity index (χ0n) is 18.6. The quantitative estimate of drug-likeness (QED) is 0.733. The maximum Gasteiger partial charge on any atom is 0.164 e. The average Bonchev–Trinajstić information content (AvgIpc) is 2.80. The van der Waals surface area contributed by atoms with Crippen LogP contribution in [0.1, 0.15) is 42.4 Å². The third kappa shape index (κ3) is 2.94. The number of piperidine rings is 1. The summed E-state index contributed by atoms with van der Waals surface area (Å²) >= 11 is 0. The standard InChI is InChI=1S/C26H31NO4/c1-27-14-13-25-16-20(28)11-12-26(25,30-3)22(27)15-19-9-10-21(24(29-2)23(19)25)31-17-18-7-5-4-6-8-18/h4-10,22H,11-17H2,1-3H3/t22-,25-,26+/m0/s1. The first-order valence-electron chi connectivity index (χ1n) is 11.2. The molecule has 2 aromatic carbocycles. The number of hydrogen-bond donors (Lipinski definition) is 0. The third-order valence-electron chi connectivity index (χ3n) is 7.95. The number of likely N-dealkylation sites (tertiary alicyclic amines) is 1. The van der Waals surface area contributed by atoms with E-state index in [1.807, 2.05) is 31.4 Å². The zero-order valence-corrected chi connectivity index (χ0v) is 18.6. The van der Waals surface area contributed by atoms with Crippen molar-refractivity contribution in [2.24, 2.45) is 0 Å². The summed E-state index contributed by atoms with van der Waals surface area (Å²) in [5, 5.41) is 0. The van der Waals surface area contributed by atoms with Crippen molar-refractivity contribution in [3.8, 4) is 11.5 Å². The van der Waals surface area contributed by atoms with E-state index >= 15 is 0 Å². The molecule has 5 rings (SSSR count). The number of nitrogens with zero attached hydrogens (tertiary/aromatic N) is 1. The van der Waals surface area contributed by atoms with Gasteiger partial charge in [0, 0.05) is 37.0 Å². The van der Waals surface area contributed by atoms with E-state index < -0.39 is 0 Å². The number of rotatable bonds is 5. The molecule has 5 heteroatoms. The highest BCUT2D eigenvalue weighted by molar-refractivity contribution is 5.83.